The van der Waals surface area contributed by atoms with Crippen molar-refractivity contribution in [2.45, 2.75) is 84.2 Å². The van der Waals surface area contributed by atoms with E-state index in [2.05, 4.69) is 44.4 Å². The van der Waals surface area contributed by atoms with Crippen molar-refractivity contribution in [3.05, 3.63) is 0 Å². The van der Waals surface area contributed by atoms with Crippen LogP contribution in [0.4, 0.5) is 4.39 Å². The lowest BCUT2D eigenvalue weighted by molar-refractivity contribution is 0.122. The summed E-state index contributed by atoms with van der Waals surface area (Å²) >= 11 is 0. The van der Waals surface area contributed by atoms with Crippen molar-refractivity contribution in [1.82, 2.24) is 9.80 Å². The van der Waals surface area contributed by atoms with Gasteiger partial charge in [0, 0.05) is 43.2 Å². The van der Waals surface area contributed by atoms with Crippen LogP contribution in [0.5, 0.6) is 0 Å². The Hall–Kier alpha value is -0.150. The molecule has 2 rings (SSSR count). The zero-order valence-corrected chi connectivity index (χ0v) is 13.3. The number of likely N-dealkylation sites (tertiary alicyclic amines) is 2. The van der Waals surface area contributed by atoms with Gasteiger partial charge in [-0.15, -0.1) is 0 Å². The highest BCUT2D eigenvalue weighted by Gasteiger charge is 2.38. The molecule has 2 nitrogen and oxygen atoms in total. The monoisotopic (exact) mass is 270 g/mol. The number of alkyl halides is 1. The van der Waals surface area contributed by atoms with Crippen LogP contribution < -0.4 is 0 Å². The maximum absolute atomic E-state index is 14.2. The molecule has 0 amide bonds. The van der Waals surface area contributed by atoms with Crippen molar-refractivity contribution in [3.63, 3.8) is 0 Å². The van der Waals surface area contributed by atoms with E-state index < -0.39 is 6.17 Å². The van der Waals surface area contributed by atoms with Gasteiger partial charge in [0.25, 0.3) is 0 Å². The van der Waals surface area contributed by atoms with Gasteiger partial charge in [-0.2, -0.15) is 0 Å². The van der Waals surface area contributed by atoms with E-state index in [1.807, 2.05) is 0 Å². The molecule has 0 spiro atoms. The molecule has 0 bridgehead atoms. The summed E-state index contributed by atoms with van der Waals surface area (Å²) < 4.78 is 14.2. The Bertz CT molecular complexity index is 284. The highest BCUT2D eigenvalue weighted by Crippen LogP contribution is 2.32. The molecule has 3 heteroatoms. The summed E-state index contributed by atoms with van der Waals surface area (Å²) in [6.45, 7) is 12.9. The molecule has 0 aliphatic carbocycles. The summed E-state index contributed by atoms with van der Waals surface area (Å²) in [6.07, 6.45) is 2.98. The fraction of sp³-hybridized carbons (Fsp3) is 1.00. The maximum Gasteiger partial charge on any atom is 0.117 e. The molecule has 2 aliphatic rings. The molecule has 19 heavy (non-hydrogen) atoms. The van der Waals surface area contributed by atoms with Crippen LogP contribution in [-0.2, 0) is 0 Å². The first-order chi connectivity index (χ1) is 8.90. The highest BCUT2D eigenvalue weighted by atomic mass is 19.1. The lowest BCUT2D eigenvalue weighted by Gasteiger charge is -2.34. The third-order valence-corrected chi connectivity index (χ3v) is 5.29. The van der Waals surface area contributed by atoms with Crippen LogP contribution in [0.2, 0.25) is 0 Å². The molecule has 2 aliphatic heterocycles. The molecule has 2 saturated heterocycles. The number of halogens is 1. The average molecular weight is 270 g/mol. The molecule has 0 N–H and O–H groups in total. The van der Waals surface area contributed by atoms with Crippen molar-refractivity contribution < 1.29 is 4.39 Å². The maximum atomic E-state index is 14.2. The molecule has 5 unspecified atom stereocenters. The minimum absolute atomic E-state index is 0.234. The van der Waals surface area contributed by atoms with Crippen LogP contribution in [0.25, 0.3) is 0 Å². The lowest BCUT2D eigenvalue weighted by Crippen LogP contribution is -2.42. The first-order valence-electron chi connectivity index (χ1n) is 8.05. The van der Waals surface area contributed by atoms with Gasteiger partial charge < -0.3 is 0 Å². The minimum Gasteiger partial charge on any atom is -0.298 e. The molecule has 0 aromatic carbocycles. The van der Waals surface area contributed by atoms with Crippen molar-refractivity contribution >= 4 is 0 Å². The second-order valence-electron chi connectivity index (χ2n) is 7.13. The first kappa shape index (κ1) is 15.2. The Balaban J connectivity index is 1.90. The molecule has 0 aromatic rings. The molecule has 2 heterocycles. The zero-order valence-electron chi connectivity index (χ0n) is 13.3. The van der Waals surface area contributed by atoms with Crippen LogP contribution in [-0.4, -0.2) is 53.2 Å². The third-order valence-electron chi connectivity index (χ3n) is 5.29. The SMILES string of the molecule is CC(C)N1CC(F)C(CC(C)N2C(C)CCC2C)C1. The van der Waals surface area contributed by atoms with Gasteiger partial charge in [-0.3, -0.25) is 9.80 Å². The second kappa shape index (κ2) is 6.09. The smallest absolute Gasteiger partial charge is 0.117 e. The Morgan fingerprint density at radius 2 is 1.63 bits per heavy atom. The van der Waals surface area contributed by atoms with E-state index >= 15 is 0 Å². The molecule has 112 valence electrons. The van der Waals surface area contributed by atoms with Gasteiger partial charge in [0.15, 0.2) is 0 Å². The fourth-order valence-corrected chi connectivity index (χ4v) is 4.15. The van der Waals surface area contributed by atoms with E-state index in [-0.39, 0.29) is 5.92 Å². The van der Waals surface area contributed by atoms with Crippen LogP contribution in [0.3, 0.4) is 0 Å². The number of nitrogens with zero attached hydrogens (tertiary/aromatic N) is 2. The lowest BCUT2D eigenvalue weighted by atomic mass is 9.97. The Kier molecular flexibility index (Phi) is 4.88. The van der Waals surface area contributed by atoms with Gasteiger partial charge in [-0.25, -0.2) is 4.39 Å². The van der Waals surface area contributed by atoms with Gasteiger partial charge in [0.05, 0.1) is 0 Å². The molecular formula is C16H31FN2. The van der Waals surface area contributed by atoms with Gasteiger partial charge >= 0.3 is 0 Å². The van der Waals surface area contributed by atoms with Gasteiger partial charge in [0.1, 0.15) is 6.17 Å². The third kappa shape index (κ3) is 3.30. The molecule has 0 radical (unpaired) electrons. The summed E-state index contributed by atoms with van der Waals surface area (Å²) in [5, 5.41) is 0. The summed E-state index contributed by atoms with van der Waals surface area (Å²) in [5.74, 6) is 0.234. The van der Waals surface area contributed by atoms with Crippen LogP contribution in [0, 0.1) is 5.92 Å². The van der Waals surface area contributed by atoms with Crippen molar-refractivity contribution in [3.8, 4) is 0 Å². The molecular weight excluding hydrogens is 239 g/mol. The zero-order chi connectivity index (χ0) is 14.2. The van der Waals surface area contributed by atoms with E-state index in [9.17, 15) is 4.39 Å². The van der Waals surface area contributed by atoms with E-state index in [0.717, 1.165) is 13.0 Å². The quantitative estimate of drug-likeness (QED) is 0.773. The summed E-state index contributed by atoms with van der Waals surface area (Å²) in [5.41, 5.74) is 0. The van der Waals surface area contributed by atoms with E-state index in [0.29, 0.717) is 30.7 Å². The van der Waals surface area contributed by atoms with Crippen LogP contribution >= 0.6 is 0 Å². The van der Waals surface area contributed by atoms with Gasteiger partial charge in [-0.05, 0) is 53.9 Å². The van der Waals surface area contributed by atoms with Crippen molar-refractivity contribution in [2.24, 2.45) is 5.92 Å². The van der Waals surface area contributed by atoms with Crippen molar-refractivity contribution in [1.29, 1.82) is 0 Å². The highest BCUT2D eigenvalue weighted by molar-refractivity contribution is 4.91. The van der Waals surface area contributed by atoms with E-state index in [1.54, 1.807) is 0 Å². The largest absolute Gasteiger partial charge is 0.298 e. The van der Waals surface area contributed by atoms with Crippen LogP contribution in [0.15, 0.2) is 0 Å². The predicted octanol–water partition coefficient (Wildman–Crippen LogP) is 3.32. The number of rotatable bonds is 4. The topological polar surface area (TPSA) is 6.48 Å². The number of hydrogen-bond donors (Lipinski definition) is 0. The van der Waals surface area contributed by atoms with E-state index in [4.69, 9.17) is 0 Å². The Morgan fingerprint density at radius 3 is 2.11 bits per heavy atom. The van der Waals surface area contributed by atoms with Gasteiger partial charge in [-0.1, -0.05) is 0 Å². The van der Waals surface area contributed by atoms with Crippen LogP contribution in [0.1, 0.15) is 53.9 Å². The summed E-state index contributed by atoms with van der Waals surface area (Å²) in [4.78, 5) is 4.91. The first-order valence-corrected chi connectivity index (χ1v) is 8.05. The van der Waals surface area contributed by atoms with Gasteiger partial charge in [0.2, 0.25) is 0 Å². The molecule has 0 aromatic heterocycles. The fourth-order valence-electron chi connectivity index (χ4n) is 4.15. The normalized spacial score (nSPS) is 39.3. The number of hydrogen-bond acceptors (Lipinski definition) is 2. The summed E-state index contributed by atoms with van der Waals surface area (Å²) in [7, 11) is 0. The molecule has 0 saturated carbocycles. The molecule has 5 atom stereocenters. The summed E-state index contributed by atoms with van der Waals surface area (Å²) in [6, 6.07) is 2.34. The average Bonchev–Trinajstić information content (AvgIpc) is 2.84. The Labute approximate surface area is 118 Å². The predicted molar refractivity (Wildman–Crippen MR) is 79.2 cm³/mol. The second-order valence-corrected chi connectivity index (χ2v) is 7.13. The standard InChI is InChI=1S/C16H31FN2/c1-11(2)18-9-15(16(17)10-18)8-14(5)19-12(3)6-7-13(19)4/h11-16H,6-10H2,1-5H3. The minimum atomic E-state index is -0.627. The van der Waals surface area contributed by atoms with E-state index in [1.165, 1.54) is 12.8 Å². The van der Waals surface area contributed by atoms with Crippen molar-refractivity contribution in [2.75, 3.05) is 13.1 Å². The molecule has 2 fully saturated rings. The Morgan fingerprint density at radius 1 is 1.05 bits per heavy atom.